The lowest BCUT2D eigenvalue weighted by Gasteiger charge is -2.36. The minimum absolute atomic E-state index is 0.222. The lowest BCUT2D eigenvalue weighted by molar-refractivity contribution is 0.0979. The monoisotopic (exact) mass is 376 g/mol. The van der Waals surface area contributed by atoms with Gasteiger partial charge in [-0.05, 0) is 30.1 Å². The molecule has 0 saturated heterocycles. The lowest BCUT2D eigenvalue weighted by atomic mass is 10.0. The molecule has 0 amide bonds. The molecule has 0 unspecified atom stereocenters. The van der Waals surface area contributed by atoms with E-state index in [9.17, 15) is 4.79 Å². The first kappa shape index (κ1) is 23.1. The Morgan fingerprint density at radius 2 is 1.46 bits per heavy atom. The average Bonchev–Trinajstić information content (AvgIpc) is 2.58. The summed E-state index contributed by atoms with van der Waals surface area (Å²) in [6, 6.07) is 8.03. The maximum absolute atomic E-state index is 12.3. The maximum atomic E-state index is 12.3. The third-order valence-corrected chi connectivity index (χ3v) is 10.2. The van der Waals surface area contributed by atoms with Gasteiger partial charge in [0, 0.05) is 12.0 Å². The van der Waals surface area contributed by atoms with Gasteiger partial charge in [0.1, 0.15) is 0 Å². The molecule has 1 aromatic carbocycles. The molecule has 0 heterocycles. The molecule has 0 spiro atoms. The van der Waals surface area contributed by atoms with E-state index >= 15 is 0 Å². The summed E-state index contributed by atoms with van der Waals surface area (Å²) in [5, 5.41) is 0.222. The van der Waals surface area contributed by atoms with Gasteiger partial charge in [-0.3, -0.25) is 4.79 Å². The highest BCUT2D eigenvalue weighted by molar-refractivity contribution is 6.74. The molecule has 1 rings (SSSR count). The van der Waals surface area contributed by atoms with Crippen LogP contribution in [-0.2, 0) is 11.0 Å². The standard InChI is InChI=1S/C23H40O2Si/c1-7-8-9-10-11-12-13-14-22(24)21-17-15-20(16-18-21)19-25-26(5,6)23(2,3)4/h15-18H,7-14,19H2,1-6H3. The van der Waals surface area contributed by atoms with Crippen molar-refractivity contribution >= 4 is 14.1 Å². The summed E-state index contributed by atoms with van der Waals surface area (Å²) >= 11 is 0. The highest BCUT2D eigenvalue weighted by atomic mass is 28.4. The van der Waals surface area contributed by atoms with E-state index < -0.39 is 8.32 Å². The molecule has 0 N–H and O–H groups in total. The fourth-order valence-electron chi connectivity index (χ4n) is 2.65. The van der Waals surface area contributed by atoms with E-state index in [4.69, 9.17) is 4.43 Å². The quantitative estimate of drug-likeness (QED) is 0.214. The predicted molar refractivity (Wildman–Crippen MR) is 115 cm³/mol. The summed E-state index contributed by atoms with van der Waals surface area (Å²) < 4.78 is 6.25. The Bertz CT molecular complexity index is 526. The van der Waals surface area contributed by atoms with Gasteiger partial charge in [0.2, 0.25) is 0 Å². The minimum Gasteiger partial charge on any atom is -0.413 e. The number of hydrogen-bond donors (Lipinski definition) is 0. The van der Waals surface area contributed by atoms with Crippen LogP contribution >= 0.6 is 0 Å². The van der Waals surface area contributed by atoms with Crippen LogP contribution in [0.2, 0.25) is 18.1 Å². The second-order valence-corrected chi connectivity index (χ2v) is 13.8. The number of rotatable bonds is 12. The molecular formula is C23H40O2Si. The van der Waals surface area contributed by atoms with Gasteiger partial charge < -0.3 is 4.43 Å². The van der Waals surface area contributed by atoms with Crippen molar-refractivity contribution in [2.24, 2.45) is 0 Å². The van der Waals surface area contributed by atoms with Crippen LogP contribution in [0.1, 0.15) is 95.0 Å². The van der Waals surface area contributed by atoms with E-state index in [-0.39, 0.29) is 10.8 Å². The highest BCUT2D eigenvalue weighted by Gasteiger charge is 2.36. The molecule has 2 nitrogen and oxygen atoms in total. The van der Waals surface area contributed by atoms with Gasteiger partial charge in [-0.15, -0.1) is 0 Å². The Hall–Kier alpha value is -0.933. The van der Waals surface area contributed by atoms with Gasteiger partial charge in [-0.25, -0.2) is 0 Å². The second kappa shape index (κ2) is 11.0. The Balaban J connectivity index is 2.36. The minimum atomic E-state index is -1.72. The maximum Gasteiger partial charge on any atom is 0.192 e. The number of hydrogen-bond acceptors (Lipinski definition) is 2. The molecule has 1 aromatic rings. The average molecular weight is 377 g/mol. The molecule has 0 aliphatic heterocycles. The molecule has 0 radical (unpaired) electrons. The van der Waals surface area contributed by atoms with E-state index in [1.54, 1.807) is 0 Å². The van der Waals surface area contributed by atoms with Gasteiger partial charge >= 0.3 is 0 Å². The molecule has 26 heavy (non-hydrogen) atoms. The van der Waals surface area contributed by atoms with Crippen LogP contribution in [0.5, 0.6) is 0 Å². The topological polar surface area (TPSA) is 26.3 Å². The van der Waals surface area contributed by atoms with E-state index in [0.717, 1.165) is 17.5 Å². The van der Waals surface area contributed by atoms with Gasteiger partial charge in [-0.1, -0.05) is 90.5 Å². The van der Waals surface area contributed by atoms with Crippen LogP contribution in [0, 0.1) is 0 Å². The number of unbranched alkanes of at least 4 members (excludes halogenated alkanes) is 6. The van der Waals surface area contributed by atoms with Crippen molar-refractivity contribution in [3.05, 3.63) is 35.4 Å². The zero-order valence-electron chi connectivity index (χ0n) is 18.0. The van der Waals surface area contributed by atoms with Crippen molar-refractivity contribution < 1.29 is 9.22 Å². The van der Waals surface area contributed by atoms with E-state index in [0.29, 0.717) is 13.0 Å². The molecule has 0 saturated carbocycles. The van der Waals surface area contributed by atoms with Gasteiger partial charge in [0.15, 0.2) is 14.1 Å². The summed E-state index contributed by atoms with van der Waals surface area (Å²) in [4.78, 5) is 12.3. The van der Waals surface area contributed by atoms with Crippen LogP contribution in [0.3, 0.4) is 0 Å². The fourth-order valence-corrected chi connectivity index (χ4v) is 3.61. The first-order valence-corrected chi connectivity index (χ1v) is 13.3. The molecule has 0 aliphatic carbocycles. The molecular weight excluding hydrogens is 336 g/mol. The number of Topliss-reactive ketones (excluding diaryl/α,β-unsaturated/α-hetero) is 1. The van der Waals surface area contributed by atoms with Crippen LogP contribution in [0.25, 0.3) is 0 Å². The molecule has 0 aromatic heterocycles. The van der Waals surface area contributed by atoms with Crippen molar-refractivity contribution in [1.82, 2.24) is 0 Å². The van der Waals surface area contributed by atoms with E-state index in [1.807, 2.05) is 24.3 Å². The highest BCUT2D eigenvalue weighted by Crippen LogP contribution is 2.37. The first-order chi connectivity index (χ1) is 12.2. The Labute approximate surface area is 162 Å². The third-order valence-electron chi connectivity index (χ3n) is 5.69. The zero-order chi connectivity index (χ0) is 19.6. The van der Waals surface area contributed by atoms with Crippen LogP contribution in [-0.4, -0.2) is 14.1 Å². The first-order valence-electron chi connectivity index (χ1n) is 10.4. The molecule has 0 bridgehead atoms. The summed E-state index contributed by atoms with van der Waals surface area (Å²) in [6.07, 6.45) is 9.40. The lowest BCUT2D eigenvalue weighted by Crippen LogP contribution is -2.40. The van der Waals surface area contributed by atoms with Crippen LogP contribution in [0.4, 0.5) is 0 Å². The van der Waals surface area contributed by atoms with E-state index in [1.165, 1.54) is 38.5 Å². The van der Waals surface area contributed by atoms with E-state index in [2.05, 4.69) is 40.8 Å². The third kappa shape index (κ3) is 8.18. The second-order valence-electron chi connectivity index (χ2n) is 9.04. The summed E-state index contributed by atoms with van der Waals surface area (Å²) in [7, 11) is -1.72. The molecule has 0 aliphatic rings. The Morgan fingerprint density at radius 1 is 0.923 bits per heavy atom. The van der Waals surface area contributed by atoms with Crippen molar-refractivity contribution in [1.29, 1.82) is 0 Å². The smallest absolute Gasteiger partial charge is 0.192 e. The normalized spacial score (nSPS) is 12.4. The Morgan fingerprint density at radius 3 is 2.00 bits per heavy atom. The largest absolute Gasteiger partial charge is 0.413 e. The predicted octanol–water partition coefficient (Wildman–Crippen LogP) is 7.53. The number of ketones is 1. The van der Waals surface area contributed by atoms with Crippen molar-refractivity contribution in [2.45, 2.75) is 104 Å². The van der Waals surface area contributed by atoms with Crippen LogP contribution < -0.4 is 0 Å². The van der Waals surface area contributed by atoms with Crippen molar-refractivity contribution in [3.8, 4) is 0 Å². The zero-order valence-corrected chi connectivity index (χ0v) is 19.0. The fraction of sp³-hybridized carbons (Fsp3) is 0.696. The number of carbonyl (C=O) groups excluding carboxylic acids is 1. The Kier molecular flexibility index (Phi) is 9.81. The molecule has 0 fully saturated rings. The molecule has 0 atom stereocenters. The van der Waals surface area contributed by atoms with Crippen molar-refractivity contribution in [2.75, 3.05) is 0 Å². The number of carbonyl (C=O) groups is 1. The van der Waals surface area contributed by atoms with Gasteiger partial charge in [0.05, 0.1) is 6.61 Å². The van der Waals surface area contributed by atoms with Crippen LogP contribution in [0.15, 0.2) is 24.3 Å². The van der Waals surface area contributed by atoms with Gasteiger partial charge in [-0.2, -0.15) is 0 Å². The van der Waals surface area contributed by atoms with Crippen molar-refractivity contribution in [3.63, 3.8) is 0 Å². The molecule has 3 heteroatoms. The molecule has 148 valence electrons. The van der Waals surface area contributed by atoms with Gasteiger partial charge in [0.25, 0.3) is 0 Å². The number of benzene rings is 1. The summed E-state index contributed by atoms with van der Waals surface area (Å²) in [6.45, 7) is 14.2. The summed E-state index contributed by atoms with van der Waals surface area (Å²) in [5.74, 6) is 0.274. The summed E-state index contributed by atoms with van der Waals surface area (Å²) in [5.41, 5.74) is 1.99. The SMILES string of the molecule is CCCCCCCCCC(=O)c1ccc(CO[Si](C)(C)C(C)(C)C)cc1.